The molecule has 0 atom stereocenters. The predicted octanol–water partition coefficient (Wildman–Crippen LogP) is -5.71. The van der Waals surface area contributed by atoms with Crippen molar-refractivity contribution in [2.75, 3.05) is 0 Å². The quantitative estimate of drug-likeness (QED) is 0.256. The number of hydrogen-bond acceptors (Lipinski definition) is 7. The normalized spacial score (nSPS) is 9.67. The van der Waals surface area contributed by atoms with Crippen molar-refractivity contribution in [3.8, 4) is 0 Å². The van der Waals surface area contributed by atoms with Crippen molar-refractivity contribution in [1.82, 2.24) is 0 Å². The van der Waals surface area contributed by atoms with Crippen molar-refractivity contribution >= 4 is 69.7 Å². The Morgan fingerprint density at radius 1 is 0.917 bits per heavy atom. The molecule has 0 fully saturated rings. The number of rotatable bonds is 0. The van der Waals surface area contributed by atoms with E-state index >= 15 is 0 Å². The molecule has 0 aromatic carbocycles. The van der Waals surface area contributed by atoms with Crippen LogP contribution in [0.4, 0.5) is 0 Å². The fourth-order valence-electron chi connectivity index (χ4n) is 0. The van der Waals surface area contributed by atoms with Crippen molar-refractivity contribution < 1.29 is 64.6 Å². The van der Waals surface area contributed by atoms with Crippen LogP contribution in [0.2, 0.25) is 0 Å². The van der Waals surface area contributed by atoms with Gasteiger partial charge in [-0.2, -0.15) is 0 Å². The molecule has 12 heteroatoms. The molecule has 0 unspecified atom stereocenters. The van der Waals surface area contributed by atoms with E-state index in [1.54, 1.807) is 0 Å². The summed E-state index contributed by atoms with van der Waals surface area (Å²) in [4.78, 5) is 0. The van der Waals surface area contributed by atoms with E-state index in [2.05, 4.69) is 0 Å². The van der Waals surface area contributed by atoms with Gasteiger partial charge in [0.25, 0.3) is 0 Å². The summed E-state index contributed by atoms with van der Waals surface area (Å²) in [5.41, 5.74) is 0. The third-order valence-electron chi connectivity index (χ3n) is 0. The minimum Gasteiger partial charge on any atom is -0.759 e. The fraction of sp³-hybridized carbons (Fsp3) is 0. The Morgan fingerprint density at radius 2 is 0.917 bits per heavy atom. The maximum Gasteiger partial charge on any atom is 2.00 e. The van der Waals surface area contributed by atoms with Gasteiger partial charge in [0, 0.05) is 10.4 Å². The van der Waals surface area contributed by atoms with Gasteiger partial charge in [0.2, 0.25) is 10.4 Å². The first-order chi connectivity index (χ1) is 4.00. The van der Waals surface area contributed by atoms with Crippen molar-refractivity contribution in [2.24, 2.45) is 0 Å². The van der Waals surface area contributed by atoms with Crippen LogP contribution in [0, 0.1) is 0 Å². The van der Waals surface area contributed by atoms with E-state index in [0.717, 1.165) is 0 Å². The first-order valence-electron chi connectivity index (χ1n) is 1.35. The van der Waals surface area contributed by atoms with E-state index in [9.17, 15) is 0 Å². The van der Waals surface area contributed by atoms with Crippen molar-refractivity contribution in [3.05, 3.63) is 0 Å². The molecule has 0 spiro atoms. The van der Waals surface area contributed by atoms with Gasteiger partial charge in [0.15, 0.2) is 0 Å². The van der Waals surface area contributed by atoms with Gasteiger partial charge in [-0.25, -0.2) is 8.42 Å². The molecule has 0 heterocycles. The van der Waals surface area contributed by atoms with Crippen LogP contribution in [0.3, 0.4) is 0 Å². The van der Waals surface area contributed by atoms with Gasteiger partial charge >= 0.3 is 78.4 Å². The maximum absolute atomic E-state index is 8.63. The molecule has 1 N–H and O–H groups in total. The minimum atomic E-state index is -5.17. The maximum atomic E-state index is 8.63. The van der Waals surface area contributed by atoms with Crippen LogP contribution in [0.15, 0.2) is 0 Å². The Labute approximate surface area is 132 Å². The average molecular weight is 353 g/mol. The van der Waals surface area contributed by atoms with Crippen molar-refractivity contribution in [2.45, 2.75) is 0 Å². The van der Waals surface area contributed by atoms with Gasteiger partial charge in [-0.15, -0.1) is 0 Å². The molecule has 0 rings (SSSR count). The molecule has 0 amide bonds. The molecule has 0 saturated heterocycles. The predicted molar refractivity (Wildman–Crippen MR) is 28.6 cm³/mol. The molecule has 64 valence electrons. The standard InChI is InChI=1S/Ba.Na.2H2O4S/c;;2*1-5(2,3)4/h;;2*(H2,1,2,3,4)/q+2;+1;;/p-3. The third kappa shape index (κ3) is 295. The van der Waals surface area contributed by atoms with E-state index < -0.39 is 20.8 Å². The minimum absolute atomic E-state index is 0. The van der Waals surface area contributed by atoms with Crippen LogP contribution in [0.1, 0.15) is 0 Å². The summed E-state index contributed by atoms with van der Waals surface area (Å²) in [7, 11) is -10.1. The molecule has 0 bridgehead atoms. The topological polar surface area (TPSA) is 158 Å². The number of hydrogen-bond donors (Lipinski definition) is 1. The van der Waals surface area contributed by atoms with Gasteiger partial charge in [-0.1, -0.05) is 0 Å². The smallest absolute Gasteiger partial charge is 0.759 e. The summed E-state index contributed by atoms with van der Waals surface area (Å²) in [6.07, 6.45) is 0. The molecular weight excluding hydrogens is 352 g/mol. The summed E-state index contributed by atoms with van der Waals surface area (Å²) in [5.74, 6) is 0. The second-order valence-corrected chi connectivity index (χ2v) is 2.51. The second kappa shape index (κ2) is 9.85. The Morgan fingerprint density at radius 3 is 0.917 bits per heavy atom. The van der Waals surface area contributed by atoms with E-state index in [-0.39, 0.29) is 78.4 Å². The van der Waals surface area contributed by atoms with Gasteiger partial charge < -0.3 is 13.7 Å². The van der Waals surface area contributed by atoms with Crippen LogP contribution in [0.25, 0.3) is 0 Å². The van der Waals surface area contributed by atoms with Crippen LogP contribution in [-0.4, -0.2) is 83.9 Å². The van der Waals surface area contributed by atoms with Gasteiger partial charge in [-0.3, -0.25) is 13.0 Å². The van der Waals surface area contributed by atoms with Gasteiger partial charge in [0.05, 0.1) is 0 Å². The van der Waals surface area contributed by atoms with E-state index in [4.69, 9.17) is 35.0 Å². The molecule has 0 saturated carbocycles. The summed E-state index contributed by atoms with van der Waals surface area (Å²) < 4.78 is 66.9. The Kier molecular flexibility index (Phi) is 19.6. The molecular formula is HBaNaO8S2. The van der Waals surface area contributed by atoms with Crippen LogP contribution < -0.4 is 29.6 Å². The Bertz CT molecular complexity index is 213. The Balaban J connectivity index is -0.0000000457. The first-order valence-corrected chi connectivity index (χ1v) is 4.05. The van der Waals surface area contributed by atoms with Crippen LogP contribution >= 0.6 is 0 Å². The zero-order valence-corrected chi connectivity index (χ0v) is 13.9. The molecule has 0 radical (unpaired) electrons. The zero-order valence-electron chi connectivity index (χ0n) is 5.83. The molecule has 0 aliphatic heterocycles. The molecule has 0 aliphatic carbocycles. The summed E-state index contributed by atoms with van der Waals surface area (Å²) >= 11 is 0. The largest absolute Gasteiger partial charge is 2.00 e. The fourth-order valence-corrected chi connectivity index (χ4v) is 0. The zero-order chi connectivity index (χ0) is 9.00. The van der Waals surface area contributed by atoms with Crippen LogP contribution in [-0.2, 0) is 20.8 Å². The van der Waals surface area contributed by atoms with Gasteiger partial charge in [0.1, 0.15) is 0 Å². The van der Waals surface area contributed by atoms with Crippen LogP contribution in [0.5, 0.6) is 0 Å². The molecule has 0 aromatic rings. The van der Waals surface area contributed by atoms with Crippen molar-refractivity contribution in [1.29, 1.82) is 0 Å². The summed E-state index contributed by atoms with van der Waals surface area (Å²) in [6, 6.07) is 0. The molecule has 12 heavy (non-hydrogen) atoms. The van der Waals surface area contributed by atoms with E-state index in [1.807, 2.05) is 0 Å². The second-order valence-electron chi connectivity index (χ2n) is 0.836. The van der Waals surface area contributed by atoms with E-state index in [0.29, 0.717) is 0 Å². The molecule has 0 aromatic heterocycles. The molecule has 0 aliphatic rings. The Hall–Kier alpha value is 2.31. The van der Waals surface area contributed by atoms with Crippen molar-refractivity contribution in [3.63, 3.8) is 0 Å². The molecule has 8 nitrogen and oxygen atoms in total. The summed E-state index contributed by atoms with van der Waals surface area (Å²) in [5, 5.41) is 0. The third-order valence-corrected chi connectivity index (χ3v) is 0. The summed E-state index contributed by atoms with van der Waals surface area (Å²) in [6.45, 7) is 0. The van der Waals surface area contributed by atoms with Gasteiger partial charge in [-0.05, 0) is 0 Å². The average Bonchev–Trinajstić information content (AvgIpc) is 1.12. The SMILES string of the molecule is O=S(=O)([O-])O.O=S(=O)([O-])[O-].[Ba+2].[Na+]. The monoisotopic (exact) mass is 354 g/mol. The first kappa shape index (κ1) is 23.9. The van der Waals surface area contributed by atoms with E-state index in [1.165, 1.54) is 0 Å².